The smallest absolute Gasteiger partial charge is 0.303 e. The van der Waals surface area contributed by atoms with Gasteiger partial charge < -0.3 is 9.84 Å². The van der Waals surface area contributed by atoms with Crippen LogP contribution in [0.5, 0.6) is 0 Å². The van der Waals surface area contributed by atoms with Gasteiger partial charge in [0.05, 0.1) is 12.7 Å². The molecule has 0 aromatic heterocycles. The molecule has 1 N–H and O–H groups in total. The summed E-state index contributed by atoms with van der Waals surface area (Å²) in [5.74, 6) is -0.985. The van der Waals surface area contributed by atoms with Crippen molar-refractivity contribution in [3.8, 4) is 0 Å². The third-order valence-electron chi connectivity index (χ3n) is 3.52. The van der Waals surface area contributed by atoms with E-state index >= 15 is 0 Å². The molecule has 1 unspecified atom stereocenters. The number of benzene rings is 1. The molecule has 2 rings (SSSR count). The van der Waals surface area contributed by atoms with E-state index < -0.39 is 5.97 Å². The Morgan fingerprint density at radius 3 is 2.95 bits per heavy atom. The predicted octanol–water partition coefficient (Wildman–Crippen LogP) is 2.45. The van der Waals surface area contributed by atoms with E-state index in [1.165, 1.54) is 6.07 Å². The zero-order chi connectivity index (χ0) is 14.4. The van der Waals surface area contributed by atoms with Gasteiger partial charge in [-0.05, 0) is 25.5 Å². The summed E-state index contributed by atoms with van der Waals surface area (Å²) < 4.78 is 19.4. The molecule has 1 saturated heterocycles. The van der Waals surface area contributed by atoms with Crippen molar-refractivity contribution in [2.24, 2.45) is 0 Å². The number of halogens is 1. The summed E-state index contributed by atoms with van der Waals surface area (Å²) in [7, 11) is 0. The van der Waals surface area contributed by atoms with Crippen LogP contribution >= 0.6 is 0 Å². The Hall–Kier alpha value is -1.46. The van der Waals surface area contributed by atoms with E-state index in [1.807, 2.05) is 6.07 Å². The van der Waals surface area contributed by atoms with Crippen molar-refractivity contribution >= 4 is 5.97 Å². The van der Waals surface area contributed by atoms with E-state index in [2.05, 4.69) is 4.90 Å². The average molecular weight is 281 g/mol. The van der Waals surface area contributed by atoms with Gasteiger partial charge in [-0.2, -0.15) is 0 Å². The maximum absolute atomic E-state index is 13.7. The highest BCUT2D eigenvalue weighted by molar-refractivity contribution is 5.66. The molecule has 1 heterocycles. The molecule has 1 atom stereocenters. The summed E-state index contributed by atoms with van der Waals surface area (Å²) >= 11 is 0. The maximum Gasteiger partial charge on any atom is 0.303 e. The minimum Gasteiger partial charge on any atom is -0.481 e. The molecular weight excluding hydrogens is 261 g/mol. The minimum absolute atomic E-state index is 0.209. The van der Waals surface area contributed by atoms with Crippen molar-refractivity contribution in [2.75, 3.05) is 26.2 Å². The lowest BCUT2D eigenvalue weighted by atomic mass is 10.1. The molecule has 5 heteroatoms. The third kappa shape index (κ3) is 4.28. The Morgan fingerprint density at radius 1 is 1.40 bits per heavy atom. The number of carbonyl (C=O) groups is 1. The number of carboxylic acids is 1. The monoisotopic (exact) mass is 281 g/mol. The SMILES string of the molecule is O=C(O)CCCCN1CCOC(c2ccccc2F)C1. The van der Waals surface area contributed by atoms with E-state index in [0.29, 0.717) is 25.1 Å². The fourth-order valence-corrected chi connectivity index (χ4v) is 2.44. The number of rotatable bonds is 6. The highest BCUT2D eigenvalue weighted by Gasteiger charge is 2.23. The van der Waals surface area contributed by atoms with Gasteiger partial charge in [0.2, 0.25) is 0 Å². The normalized spacial score (nSPS) is 19.9. The number of morpholine rings is 1. The van der Waals surface area contributed by atoms with Gasteiger partial charge in [-0.15, -0.1) is 0 Å². The van der Waals surface area contributed by atoms with Crippen molar-refractivity contribution in [3.05, 3.63) is 35.6 Å². The van der Waals surface area contributed by atoms with Crippen LogP contribution in [0, 0.1) is 5.82 Å². The summed E-state index contributed by atoms with van der Waals surface area (Å²) in [6.07, 6.45) is 1.50. The van der Waals surface area contributed by atoms with Gasteiger partial charge in [0.1, 0.15) is 5.82 Å². The maximum atomic E-state index is 13.7. The number of ether oxygens (including phenoxy) is 1. The Balaban J connectivity index is 1.83. The van der Waals surface area contributed by atoms with E-state index in [-0.39, 0.29) is 18.3 Å². The second-order valence-electron chi connectivity index (χ2n) is 5.03. The van der Waals surface area contributed by atoms with Crippen LogP contribution in [0.1, 0.15) is 30.9 Å². The van der Waals surface area contributed by atoms with Gasteiger partial charge in [0, 0.05) is 25.1 Å². The molecule has 0 spiro atoms. The lowest BCUT2D eigenvalue weighted by Crippen LogP contribution is -2.39. The molecular formula is C15H20FNO3. The lowest BCUT2D eigenvalue weighted by molar-refractivity contribution is -0.137. The quantitative estimate of drug-likeness (QED) is 0.814. The van der Waals surface area contributed by atoms with Gasteiger partial charge in [-0.3, -0.25) is 9.69 Å². The molecule has 110 valence electrons. The standard InChI is InChI=1S/C15H20FNO3/c16-13-6-2-1-5-12(13)14-11-17(9-10-20-14)8-4-3-7-15(18)19/h1-2,5-6,14H,3-4,7-11H2,(H,18,19). The van der Waals surface area contributed by atoms with E-state index in [4.69, 9.17) is 9.84 Å². The van der Waals surface area contributed by atoms with Gasteiger partial charge in [-0.1, -0.05) is 18.2 Å². The van der Waals surface area contributed by atoms with Gasteiger partial charge in [0.25, 0.3) is 0 Å². The molecule has 0 aliphatic carbocycles. The Bertz CT molecular complexity index is 452. The molecule has 0 saturated carbocycles. The van der Waals surface area contributed by atoms with Crippen molar-refractivity contribution in [2.45, 2.75) is 25.4 Å². The van der Waals surface area contributed by atoms with Crippen LogP contribution in [-0.2, 0) is 9.53 Å². The van der Waals surface area contributed by atoms with Crippen LogP contribution in [0.25, 0.3) is 0 Å². The minimum atomic E-state index is -0.754. The molecule has 1 aromatic carbocycles. The predicted molar refractivity (Wildman–Crippen MR) is 73.0 cm³/mol. The first kappa shape index (κ1) is 14.9. The zero-order valence-corrected chi connectivity index (χ0v) is 11.4. The summed E-state index contributed by atoms with van der Waals surface area (Å²) in [6.45, 7) is 2.89. The first-order valence-electron chi connectivity index (χ1n) is 6.97. The van der Waals surface area contributed by atoms with Crippen LogP contribution in [-0.4, -0.2) is 42.2 Å². The van der Waals surface area contributed by atoms with Crippen molar-refractivity contribution in [1.29, 1.82) is 0 Å². The number of aliphatic carboxylic acids is 1. The van der Waals surface area contributed by atoms with Crippen LogP contribution in [0.15, 0.2) is 24.3 Å². The van der Waals surface area contributed by atoms with Crippen molar-refractivity contribution in [1.82, 2.24) is 4.90 Å². The average Bonchev–Trinajstić information content (AvgIpc) is 2.44. The molecule has 1 fully saturated rings. The molecule has 1 aliphatic heterocycles. The lowest BCUT2D eigenvalue weighted by Gasteiger charge is -2.33. The molecule has 1 aromatic rings. The Morgan fingerprint density at radius 2 is 2.20 bits per heavy atom. The number of hydrogen-bond acceptors (Lipinski definition) is 3. The van der Waals surface area contributed by atoms with E-state index in [9.17, 15) is 9.18 Å². The fourth-order valence-electron chi connectivity index (χ4n) is 2.44. The molecule has 0 radical (unpaired) electrons. The van der Waals surface area contributed by atoms with Crippen molar-refractivity contribution in [3.63, 3.8) is 0 Å². The molecule has 20 heavy (non-hydrogen) atoms. The fraction of sp³-hybridized carbons (Fsp3) is 0.533. The largest absolute Gasteiger partial charge is 0.481 e. The Kier molecular flexibility index (Phi) is 5.49. The second kappa shape index (κ2) is 7.36. The zero-order valence-electron chi connectivity index (χ0n) is 11.4. The summed E-state index contributed by atoms with van der Waals surface area (Å²) in [4.78, 5) is 12.7. The van der Waals surface area contributed by atoms with Crippen LogP contribution in [0.4, 0.5) is 4.39 Å². The molecule has 1 aliphatic rings. The topological polar surface area (TPSA) is 49.8 Å². The second-order valence-corrected chi connectivity index (χ2v) is 5.03. The summed E-state index contributed by atoms with van der Waals surface area (Å²) in [5, 5.41) is 8.60. The van der Waals surface area contributed by atoms with Gasteiger partial charge >= 0.3 is 5.97 Å². The van der Waals surface area contributed by atoms with E-state index in [1.54, 1.807) is 12.1 Å². The van der Waals surface area contributed by atoms with Crippen LogP contribution in [0.2, 0.25) is 0 Å². The third-order valence-corrected chi connectivity index (χ3v) is 3.52. The highest BCUT2D eigenvalue weighted by atomic mass is 19.1. The molecule has 0 amide bonds. The number of hydrogen-bond donors (Lipinski definition) is 1. The van der Waals surface area contributed by atoms with Gasteiger partial charge in [-0.25, -0.2) is 4.39 Å². The molecule has 0 bridgehead atoms. The summed E-state index contributed by atoms with van der Waals surface area (Å²) in [6, 6.07) is 6.69. The summed E-state index contributed by atoms with van der Waals surface area (Å²) in [5.41, 5.74) is 0.600. The first-order valence-corrected chi connectivity index (χ1v) is 6.97. The molecule has 4 nitrogen and oxygen atoms in total. The van der Waals surface area contributed by atoms with Gasteiger partial charge in [0.15, 0.2) is 0 Å². The Labute approximate surface area is 118 Å². The van der Waals surface area contributed by atoms with E-state index in [0.717, 1.165) is 19.5 Å². The first-order chi connectivity index (χ1) is 9.66. The highest BCUT2D eigenvalue weighted by Crippen LogP contribution is 2.24. The number of nitrogens with zero attached hydrogens (tertiary/aromatic N) is 1. The number of unbranched alkanes of at least 4 members (excludes halogenated alkanes) is 1. The van der Waals surface area contributed by atoms with Crippen LogP contribution in [0.3, 0.4) is 0 Å². The number of carboxylic acid groups (broad SMARTS) is 1. The van der Waals surface area contributed by atoms with Crippen molar-refractivity contribution < 1.29 is 19.0 Å². The van der Waals surface area contributed by atoms with Crippen LogP contribution < -0.4 is 0 Å².